The number of amides is 1. The van der Waals surface area contributed by atoms with Gasteiger partial charge in [0.2, 0.25) is 5.91 Å². The van der Waals surface area contributed by atoms with Crippen molar-refractivity contribution in [3.05, 3.63) is 28.8 Å². The lowest BCUT2D eigenvalue weighted by Gasteiger charge is -2.06. The van der Waals surface area contributed by atoms with E-state index in [-0.39, 0.29) is 5.91 Å². The Bertz CT molecular complexity index is 377. The van der Waals surface area contributed by atoms with E-state index in [1.807, 2.05) is 6.92 Å². The van der Waals surface area contributed by atoms with Crippen molar-refractivity contribution in [1.82, 2.24) is 0 Å². The molecule has 1 rings (SSSR count). The highest BCUT2D eigenvalue weighted by Crippen LogP contribution is 2.22. The van der Waals surface area contributed by atoms with E-state index in [2.05, 4.69) is 5.32 Å². The maximum atomic E-state index is 11.3. The fourth-order valence-electron chi connectivity index (χ4n) is 1.15. The molecule has 0 saturated heterocycles. The van der Waals surface area contributed by atoms with Gasteiger partial charge < -0.3 is 5.32 Å². The molecule has 1 N–H and O–H groups in total. The molecule has 80 valence electrons. The van der Waals surface area contributed by atoms with Crippen molar-refractivity contribution in [2.45, 2.75) is 19.8 Å². The van der Waals surface area contributed by atoms with E-state index in [0.29, 0.717) is 29.0 Å². The maximum absolute atomic E-state index is 11.3. The number of nitrogens with one attached hydrogen (secondary N) is 1. The minimum atomic E-state index is -0.0711. The first kappa shape index (κ1) is 11.7. The number of aldehydes is 1. The highest BCUT2D eigenvalue weighted by atomic mass is 35.5. The first-order valence-electron chi connectivity index (χ1n) is 4.72. The molecular weight excluding hydrogens is 214 g/mol. The van der Waals surface area contributed by atoms with Crippen molar-refractivity contribution in [1.29, 1.82) is 0 Å². The van der Waals surface area contributed by atoms with Crippen LogP contribution < -0.4 is 5.32 Å². The van der Waals surface area contributed by atoms with Crippen LogP contribution in [0, 0.1) is 0 Å². The second-order valence-corrected chi connectivity index (χ2v) is 3.56. The quantitative estimate of drug-likeness (QED) is 0.801. The van der Waals surface area contributed by atoms with Gasteiger partial charge in [0.1, 0.15) is 6.29 Å². The lowest BCUT2D eigenvalue weighted by molar-refractivity contribution is -0.116. The summed E-state index contributed by atoms with van der Waals surface area (Å²) in [7, 11) is 0. The number of hydrogen-bond donors (Lipinski definition) is 1. The van der Waals surface area contributed by atoms with Gasteiger partial charge in [0.05, 0.1) is 10.7 Å². The molecule has 0 atom stereocenters. The van der Waals surface area contributed by atoms with E-state index in [9.17, 15) is 9.59 Å². The SMILES string of the molecule is CCCC(=O)Nc1ccc(C=O)cc1Cl. The molecule has 3 nitrogen and oxygen atoms in total. The Balaban J connectivity index is 2.78. The Morgan fingerprint density at radius 2 is 2.27 bits per heavy atom. The molecule has 0 bridgehead atoms. The van der Waals surface area contributed by atoms with Crippen LogP contribution in [0.15, 0.2) is 18.2 Å². The highest BCUT2D eigenvalue weighted by Gasteiger charge is 2.05. The average molecular weight is 226 g/mol. The molecule has 0 aliphatic rings. The Labute approximate surface area is 93.4 Å². The van der Waals surface area contributed by atoms with E-state index in [1.54, 1.807) is 12.1 Å². The summed E-state index contributed by atoms with van der Waals surface area (Å²) in [5.74, 6) is -0.0711. The summed E-state index contributed by atoms with van der Waals surface area (Å²) in [6, 6.07) is 4.76. The molecule has 1 aromatic carbocycles. The topological polar surface area (TPSA) is 46.2 Å². The second kappa shape index (κ2) is 5.51. The van der Waals surface area contributed by atoms with Crippen molar-refractivity contribution in [3.63, 3.8) is 0 Å². The summed E-state index contributed by atoms with van der Waals surface area (Å²) < 4.78 is 0. The molecule has 0 aliphatic carbocycles. The summed E-state index contributed by atoms with van der Waals surface area (Å²) in [6.45, 7) is 1.93. The molecule has 0 saturated carbocycles. The van der Waals surface area contributed by atoms with E-state index in [1.165, 1.54) is 6.07 Å². The van der Waals surface area contributed by atoms with Crippen LogP contribution in [0.4, 0.5) is 5.69 Å². The van der Waals surface area contributed by atoms with Gasteiger partial charge >= 0.3 is 0 Å². The molecule has 1 aromatic rings. The minimum absolute atomic E-state index is 0.0711. The van der Waals surface area contributed by atoms with Crippen molar-refractivity contribution in [3.8, 4) is 0 Å². The van der Waals surface area contributed by atoms with E-state index >= 15 is 0 Å². The molecule has 0 aromatic heterocycles. The molecule has 0 radical (unpaired) electrons. The average Bonchev–Trinajstić information content (AvgIpc) is 2.21. The zero-order valence-electron chi connectivity index (χ0n) is 8.42. The number of rotatable bonds is 4. The second-order valence-electron chi connectivity index (χ2n) is 3.16. The van der Waals surface area contributed by atoms with E-state index in [0.717, 1.165) is 6.42 Å². The largest absolute Gasteiger partial charge is 0.325 e. The maximum Gasteiger partial charge on any atom is 0.224 e. The number of carbonyl (C=O) groups excluding carboxylic acids is 2. The van der Waals surface area contributed by atoms with E-state index < -0.39 is 0 Å². The molecule has 0 fully saturated rings. The number of carbonyl (C=O) groups is 2. The fraction of sp³-hybridized carbons (Fsp3) is 0.273. The standard InChI is InChI=1S/C11H12ClNO2/c1-2-3-11(15)13-10-5-4-8(7-14)6-9(10)12/h4-7H,2-3H2,1H3,(H,13,15). The molecule has 0 spiro atoms. The third-order valence-electron chi connectivity index (χ3n) is 1.88. The predicted octanol–water partition coefficient (Wildman–Crippen LogP) is 2.89. The highest BCUT2D eigenvalue weighted by molar-refractivity contribution is 6.34. The molecule has 1 amide bonds. The molecular formula is C11H12ClNO2. The third-order valence-corrected chi connectivity index (χ3v) is 2.19. The van der Waals surface area contributed by atoms with E-state index in [4.69, 9.17) is 11.6 Å². The van der Waals surface area contributed by atoms with Crippen molar-refractivity contribution in [2.75, 3.05) is 5.32 Å². The van der Waals surface area contributed by atoms with Crippen LogP contribution in [0.2, 0.25) is 5.02 Å². The summed E-state index contributed by atoms with van der Waals surface area (Å²) in [4.78, 5) is 21.7. The zero-order chi connectivity index (χ0) is 11.3. The number of halogens is 1. The Morgan fingerprint density at radius 3 is 2.80 bits per heavy atom. The first-order valence-corrected chi connectivity index (χ1v) is 5.09. The Morgan fingerprint density at radius 1 is 1.53 bits per heavy atom. The van der Waals surface area contributed by atoms with Gasteiger partial charge in [-0.05, 0) is 24.6 Å². The molecule has 15 heavy (non-hydrogen) atoms. The Kier molecular flexibility index (Phi) is 4.31. The molecule has 0 aliphatic heterocycles. The van der Waals surface area contributed by atoms with Gasteiger partial charge in [0.15, 0.2) is 0 Å². The van der Waals surface area contributed by atoms with Crippen LogP contribution in [-0.2, 0) is 4.79 Å². The number of hydrogen-bond acceptors (Lipinski definition) is 2. The van der Waals surface area contributed by atoms with Gasteiger partial charge in [-0.15, -0.1) is 0 Å². The predicted molar refractivity (Wildman–Crippen MR) is 60.4 cm³/mol. The van der Waals surface area contributed by atoms with Crippen LogP contribution in [0.1, 0.15) is 30.1 Å². The lowest BCUT2D eigenvalue weighted by Crippen LogP contribution is -2.10. The van der Waals surface area contributed by atoms with Crippen LogP contribution >= 0.6 is 11.6 Å². The van der Waals surface area contributed by atoms with Crippen molar-refractivity contribution < 1.29 is 9.59 Å². The van der Waals surface area contributed by atoms with Gasteiger partial charge in [-0.2, -0.15) is 0 Å². The van der Waals surface area contributed by atoms with Crippen LogP contribution in [0.25, 0.3) is 0 Å². The van der Waals surface area contributed by atoms with Gasteiger partial charge in [-0.1, -0.05) is 18.5 Å². The zero-order valence-corrected chi connectivity index (χ0v) is 9.17. The minimum Gasteiger partial charge on any atom is -0.325 e. The van der Waals surface area contributed by atoms with Crippen molar-refractivity contribution in [2.24, 2.45) is 0 Å². The number of benzene rings is 1. The van der Waals surface area contributed by atoms with Gasteiger partial charge in [-0.3, -0.25) is 9.59 Å². The lowest BCUT2D eigenvalue weighted by atomic mass is 10.2. The first-order chi connectivity index (χ1) is 7.17. The summed E-state index contributed by atoms with van der Waals surface area (Å²) in [6.07, 6.45) is 1.96. The smallest absolute Gasteiger partial charge is 0.224 e. The van der Waals surface area contributed by atoms with Gasteiger partial charge in [-0.25, -0.2) is 0 Å². The van der Waals surface area contributed by atoms with Crippen LogP contribution in [-0.4, -0.2) is 12.2 Å². The third kappa shape index (κ3) is 3.36. The van der Waals surface area contributed by atoms with Gasteiger partial charge in [0, 0.05) is 12.0 Å². The fourth-order valence-corrected chi connectivity index (χ4v) is 1.38. The summed E-state index contributed by atoms with van der Waals surface area (Å²) in [5.41, 5.74) is 1.04. The summed E-state index contributed by atoms with van der Waals surface area (Å²) in [5, 5.41) is 3.05. The van der Waals surface area contributed by atoms with Crippen LogP contribution in [0.5, 0.6) is 0 Å². The number of anilines is 1. The normalized spacial score (nSPS) is 9.73. The van der Waals surface area contributed by atoms with Crippen molar-refractivity contribution >= 4 is 29.5 Å². The Hall–Kier alpha value is -1.35. The molecule has 4 heteroatoms. The molecule has 0 heterocycles. The molecule has 0 unspecified atom stereocenters. The summed E-state index contributed by atoms with van der Waals surface area (Å²) >= 11 is 5.88. The van der Waals surface area contributed by atoms with Crippen LogP contribution in [0.3, 0.4) is 0 Å². The monoisotopic (exact) mass is 225 g/mol. The van der Waals surface area contributed by atoms with Gasteiger partial charge in [0.25, 0.3) is 0 Å².